The van der Waals surface area contributed by atoms with E-state index in [0.29, 0.717) is 17.9 Å². The standard InChI is InChI=1S/C13H24N4O/c1-6-17-8-10(14)7-11(17)12(18)15-9-13(2,3)16(4)5/h7-8H,6,9,14H2,1-5H3,(H,15,18). The number of nitrogens with zero attached hydrogens (tertiary/aromatic N) is 2. The minimum absolute atomic E-state index is 0.0785. The molecule has 0 radical (unpaired) electrons. The molecule has 18 heavy (non-hydrogen) atoms. The molecule has 1 heterocycles. The first-order valence-electron chi connectivity index (χ1n) is 6.19. The van der Waals surface area contributed by atoms with Gasteiger partial charge in [0, 0.05) is 24.8 Å². The summed E-state index contributed by atoms with van der Waals surface area (Å²) in [6, 6.07) is 1.71. The summed E-state index contributed by atoms with van der Waals surface area (Å²) in [7, 11) is 4.00. The van der Waals surface area contributed by atoms with Gasteiger partial charge in [0.15, 0.2) is 0 Å². The van der Waals surface area contributed by atoms with E-state index in [9.17, 15) is 4.79 Å². The van der Waals surface area contributed by atoms with Crippen LogP contribution in [0.1, 0.15) is 31.3 Å². The number of hydrogen-bond donors (Lipinski definition) is 2. The third-order valence-corrected chi connectivity index (χ3v) is 3.38. The summed E-state index contributed by atoms with van der Waals surface area (Å²) in [5, 5.41) is 2.95. The van der Waals surface area contributed by atoms with Gasteiger partial charge in [-0.3, -0.25) is 4.79 Å². The molecule has 5 heteroatoms. The molecule has 0 aliphatic carbocycles. The molecule has 3 N–H and O–H groups in total. The molecule has 0 aromatic carbocycles. The van der Waals surface area contributed by atoms with Crippen LogP contribution in [0.4, 0.5) is 5.69 Å². The van der Waals surface area contributed by atoms with Crippen molar-refractivity contribution >= 4 is 11.6 Å². The average molecular weight is 252 g/mol. The number of aryl methyl sites for hydroxylation is 1. The number of carbonyl (C=O) groups is 1. The van der Waals surface area contributed by atoms with Crippen molar-refractivity contribution in [2.75, 3.05) is 26.4 Å². The molecule has 0 spiro atoms. The van der Waals surface area contributed by atoms with Crippen molar-refractivity contribution in [1.29, 1.82) is 0 Å². The summed E-state index contributed by atoms with van der Waals surface area (Å²) in [4.78, 5) is 14.2. The maximum absolute atomic E-state index is 12.1. The van der Waals surface area contributed by atoms with Gasteiger partial charge in [-0.1, -0.05) is 0 Å². The Kier molecular flexibility index (Phi) is 4.40. The van der Waals surface area contributed by atoms with Crippen molar-refractivity contribution in [2.45, 2.75) is 32.9 Å². The Labute approximate surface area is 109 Å². The minimum atomic E-state index is -0.0801. The van der Waals surface area contributed by atoms with Crippen LogP contribution in [-0.4, -0.2) is 41.6 Å². The lowest BCUT2D eigenvalue weighted by Crippen LogP contribution is -2.48. The van der Waals surface area contributed by atoms with E-state index in [1.807, 2.05) is 25.6 Å². The van der Waals surface area contributed by atoms with Crippen molar-refractivity contribution in [3.05, 3.63) is 18.0 Å². The molecule has 0 atom stereocenters. The zero-order chi connectivity index (χ0) is 13.9. The van der Waals surface area contributed by atoms with E-state index in [-0.39, 0.29) is 11.4 Å². The van der Waals surface area contributed by atoms with Crippen LogP contribution in [0.2, 0.25) is 0 Å². The van der Waals surface area contributed by atoms with E-state index in [0.717, 1.165) is 6.54 Å². The van der Waals surface area contributed by atoms with Gasteiger partial charge in [0.2, 0.25) is 0 Å². The highest BCUT2D eigenvalue weighted by atomic mass is 16.1. The van der Waals surface area contributed by atoms with Crippen LogP contribution in [0.15, 0.2) is 12.3 Å². The van der Waals surface area contributed by atoms with Crippen LogP contribution in [0.3, 0.4) is 0 Å². The molecule has 5 nitrogen and oxygen atoms in total. The largest absolute Gasteiger partial charge is 0.397 e. The summed E-state index contributed by atoms with van der Waals surface area (Å²) in [5.41, 5.74) is 6.87. The number of nitrogens with two attached hydrogens (primary N) is 1. The predicted molar refractivity (Wildman–Crippen MR) is 74.6 cm³/mol. The lowest BCUT2D eigenvalue weighted by molar-refractivity contribution is 0.0910. The highest BCUT2D eigenvalue weighted by molar-refractivity contribution is 5.93. The second-order valence-corrected chi connectivity index (χ2v) is 5.33. The van der Waals surface area contributed by atoms with E-state index in [1.165, 1.54) is 0 Å². The summed E-state index contributed by atoms with van der Waals surface area (Å²) in [6.07, 6.45) is 1.78. The summed E-state index contributed by atoms with van der Waals surface area (Å²) in [5.74, 6) is -0.0801. The number of anilines is 1. The molecule has 1 amide bonds. The molecule has 102 valence electrons. The van der Waals surface area contributed by atoms with Crippen LogP contribution in [0.5, 0.6) is 0 Å². The first kappa shape index (κ1) is 14.6. The smallest absolute Gasteiger partial charge is 0.268 e. The average Bonchev–Trinajstić information content (AvgIpc) is 2.67. The number of nitrogens with one attached hydrogen (secondary N) is 1. The highest BCUT2D eigenvalue weighted by Crippen LogP contribution is 2.12. The van der Waals surface area contributed by atoms with Gasteiger partial charge in [0.1, 0.15) is 5.69 Å². The molecule has 1 rings (SSSR count). The van der Waals surface area contributed by atoms with Crippen molar-refractivity contribution in [3.63, 3.8) is 0 Å². The van der Waals surface area contributed by atoms with Gasteiger partial charge in [-0.05, 0) is 40.9 Å². The second kappa shape index (κ2) is 5.44. The third-order valence-electron chi connectivity index (χ3n) is 3.38. The van der Waals surface area contributed by atoms with Crippen LogP contribution >= 0.6 is 0 Å². The van der Waals surface area contributed by atoms with Crippen molar-refractivity contribution in [1.82, 2.24) is 14.8 Å². The van der Waals surface area contributed by atoms with E-state index in [2.05, 4.69) is 24.1 Å². The number of nitrogen functional groups attached to an aromatic ring is 1. The summed E-state index contributed by atoms with van der Waals surface area (Å²) in [6.45, 7) is 7.48. The molecule has 0 saturated carbocycles. The number of carbonyl (C=O) groups excluding carboxylic acids is 1. The zero-order valence-corrected chi connectivity index (χ0v) is 11.9. The summed E-state index contributed by atoms with van der Waals surface area (Å²) >= 11 is 0. The molecular formula is C13H24N4O. The van der Waals surface area contributed by atoms with Crippen LogP contribution in [-0.2, 0) is 6.54 Å². The number of likely N-dealkylation sites (N-methyl/N-ethyl adjacent to an activating group) is 1. The van der Waals surface area contributed by atoms with Gasteiger partial charge in [-0.15, -0.1) is 0 Å². The lowest BCUT2D eigenvalue weighted by atomic mass is 10.0. The third kappa shape index (κ3) is 3.26. The normalized spacial score (nSPS) is 11.9. The zero-order valence-electron chi connectivity index (χ0n) is 11.9. The first-order chi connectivity index (χ1) is 8.27. The molecule has 0 fully saturated rings. The van der Waals surface area contributed by atoms with E-state index < -0.39 is 0 Å². The number of rotatable bonds is 5. The van der Waals surface area contributed by atoms with Gasteiger partial charge in [0.25, 0.3) is 5.91 Å². The summed E-state index contributed by atoms with van der Waals surface area (Å²) < 4.78 is 1.85. The Morgan fingerprint density at radius 2 is 2.11 bits per heavy atom. The van der Waals surface area contributed by atoms with Gasteiger partial charge in [-0.25, -0.2) is 0 Å². The van der Waals surface area contributed by atoms with Crippen molar-refractivity contribution in [2.24, 2.45) is 0 Å². The van der Waals surface area contributed by atoms with Crippen molar-refractivity contribution < 1.29 is 4.79 Å². The first-order valence-corrected chi connectivity index (χ1v) is 6.19. The van der Waals surface area contributed by atoms with Gasteiger partial charge in [0.05, 0.1) is 5.69 Å². The van der Waals surface area contributed by atoms with Gasteiger partial charge in [-0.2, -0.15) is 0 Å². The molecular weight excluding hydrogens is 228 g/mol. The Balaban J connectivity index is 2.71. The molecule has 1 aromatic rings. The predicted octanol–water partition coefficient (Wildman–Crippen LogP) is 1.16. The molecule has 0 aliphatic heterocycles. The van der Waals surface area contributed by atoms with Crippen molar-refractivity contribution in [3.8, 4) is 0 Å². The fraction of sp³-hybridized carbons (Fsp3) is 0.615. The Morgan fingerprint density at radius 3 is 2.61 bits per heavy atom. The molecule has 0 aliphatic rings. The lowest BCUT2D eigenvalue weighted by Gasteiger charge is -2.32. The fourth-order valence-electron chi connectivity index (χ4n) is 1.53. The molecule has 1 aromatic heterocycles. The maximum Gasteiger partial charge on any atom is 0.268 e. The SMILES string of the molecule is CCn1cc(N)cc1C(=O)NCC(C)(C)N(C)C. The minimum Gasteiger partial charge on any atom is -0.397 e. The van der Waals surface area contributed by atoms with Gasteiger partial charge < -0.3 is 20.5 Å². The number of aromatic nitrogens is 1. The Hall–Kier alpha value is -1.49. The molecule has 0 bridgehead atoms. The van der Waals surface area contributed by atoms with Crippen LogP contribution in [0.25, 0.3) is 0 Å². The second-order valence-electron chi connectivity index (χ2n) is 5.33. The molecule has 0 saturated heterocycles. The maximum atomic E-state index is 12.1. The van der Waals surface area contributed by atoms with E-state index >= 15 is 0 Å². The Bertz CT molecular complexity index is 421. The van der Waals surface area contributed by atoms with Crippen LogP contribution in [0, 0.1) is 0 Å². The highest BCUT2D eigenvalue weighted by Gasteiger charge is 2.22. The van der Waals surface area contributed by atoms with Gasteiger partial charge >= 0.3 is 0 Å². The Morgan fingerprint density at radius 1 is 1.50 bits per heavy atom. The van der Waals surface area contributed by atoms with E-state index in [4.69, 9.17) is 5.73 Å². The fourth-order valence-corrected chi connectivity index (χ4v) is 1.53. The quantitative estimate of drug-likeness (QED) is 0.826. The number of amides is 1. The van der Waals surface area contributed by atoms with E-state index in [1.54, 1.807) is 12.3 Å². The number of hydrogen-bond acceptors (Lipinski definition) is 3. The topological polar surface area (TPSA) is 63.3 Å². The molecule has 0 unspecified atom stereocenters. The monoisotopic (exact) mass is 252 g/mol. The van der Waals surface area contributed by atoms with Crippen LogP contribution < -0.4 is 11.1 Å².